The van der Waals surface area contributed by atoms with Crippen LogP contribution in [0.4, 0.5) is 4.79 Å². The SMILES string of the molecule is Cn1c(C2CCN(C(=O)OC(C)(C)C)CC2)cc2ccccc21. The maximum atomic E-state index is 12.2. The molecule has 4 nitrogen and oxygen atoms in total. The quantitative estimate of drug-likeness (QED) is 0.787. The summed E-state index contributed by atoms with van der Waals surface area (Å²) in [6, 6.07) is 10.8. The number of likely N-dealkylation sites (tertiary alicyclic amines) is 1. The number of aryl methyl sites for hydroxylation is 1. The van der Waals surface area contributed by atoms with Crippen LogP contribution in [-0.4, -0.2) is 34.3 Å². The van der Waals surface area contributed by atoms with Gasteiger partial charge in [-0.1, -0.05) is 18.2 Å². The molecule has 0 N–H and O–H groups in total. The first-order valence-electron chi connectivity index (χ1n) is 8.37. The molecule has 1 aliphatic rings. The molecule has 4 heteroatoms. The number of nitrogens with zero attached hydrogens (tertiary/aromatic N) is 2. The number of rotatable bonds is 1. The van der Waals surface area contributed by atoms with Gasteiger partial charge in [-0.15, -0.1) is 0 Å². The van der Waals surface area contributed by atoms with Gasteiger partial charge in [0.25, 0.3) is 0 Å². The molecule has 0 unspecified atom stereocenters. The van der Waals surface area contributed by atoms with E-state index in [9.17, 15) is 4.79 Å². The second kappa shape index (κ2) is 5.91. The number of carbonyl (C=O) groups excluding carboxylic acids is 1. The number of para-hydroxylation sites is 1. The maximum Gasteiger partial charge on any atom is 0.410 e. The van der Waals surface area contributed by atoms with Crippen LogP contribution in [-0.2, 0) is 11.8 Å². The standard InChI is InChI=1S/C19H26N2O2/c1-19(2,3)23-18(22)21-11-9-14(10-12-21)17-13-15-7-5-6-8-16(15)20(17)4/h5-8,13-14H,9-12H2,1-4H3. The zero-order chi connectivity index (χ0) is 16.6. The van der Waals surface area contributed by atoms with Gasteiger partial charge in [0.1, 0.15) is 5.60 Å². The van der Waals surface area contributed by atoms with E-state index in [0.29, 0.717) is 5.92 Å². The third-order valence-electron chi connectivity index (χ3n) is 4.55. The summed E-state index contributed by atoms with van der Waals surface area (Å²) in [7, 11) is 2.14. The van der Waals surface area contributed by atoms with Crippen LogP contribution in [0.25, 0.3) is 10.9 Å². The lowest BCUT2D eigenvalue weighted by Gasteiger charge is -2.33. The summed E-state index contributed by atoms with van der Waals surface area (Å²) in [5, 5.41) is 1.29. The molecule has 1 amide bonds. The van der Waals surface area contributed by atoms with Gasteiger partial charge in [0.2, 0.25) is 0 Å². The summed E-state index contributed by atoms with van der Waals surface area (Å²) in [5.74, 6) is 0.506. The van der Waals surface area contributed by atoms with E-state index in [-0.39, 0.29) is 6.09 Å². The van der Waals surface area contributed by atoms with Crippen LogP contribution >= 0.6 is 0 Å². The zero-order valence-electron chi connectivity index (χ0n) is 14.5. The molecule has 1 saturated heterocycles. The van der Waals surface area contributed by atoms with Crippen molar-refractivity contribution < 1.29 is 9.53 Å². The second-order valence-corrected chi connectivity index (χ2v) is 7.43. The first kappa shape index (κ1) is 15.9. The van der Waals surface area contributed by atoms with Crippen molar-refractivity contribution in [3.05, 3.63) is 36.0 Å². The fourth-order valence-electron chi connectivity index (χ4n) is 3.39. The fourth-order valence-corrected chi connectivity index (χ4v) is 3.39. The number of piperidine rings is 1. The Morgan fingerprint density at radius 1 is 1.17 bits per heavy atom. The molecule has 1 aliphatic heterocycles. The van der Waals surface area contributed by atoms with Crippen molar-refractivity contribution in [3.8, 4) is 0 Å². The Labute approximate surface area is 138 Å². The van der Waals surface area contributed by atoms with E-state index < -0.39 is 5.60 Å². The number of hydrogen-bond donors (Lipinski definition) is 0. The number of ether oxygens (including phenoxy) is 1. The molecular weight excluding hydrogens is 288 g/mol. The highest BCUT2D eigenvalue weighted by Crippen LogP contribution is 2.32. The number of amides is 1. The van der Waals surface area contributed by atoms with Gasteiger partial charge in [-0.25, -0.2) is 4.79 Å². The van der Waals surface area contributed by atoms with Gasteiger partial charge in [-0.05, 0) is 51.1 Å². The van der Waals surface area contributed by atoms with E-state index in [2.05, 4.69) is 41.9 Å². The minimum atomic E-state index is -0.427. The Kier molecular flexibility index (Phi) is 4.09. The normalized spacial score (nSPS) is 16.8. The lowest BCUT2D eigenvalue weighted by molar-refractivity contribution is 0.0203. The number of aromatic nitrogens is 1. The molecule has 3 rings (SSSR count). The highest BCUT2D eigenvalue weighted by molar-refractivity contribution is 5.81. The average Bonchev–Trinajstić information content (AvgIpc) is 2.83. The van der Waals surface area contributed by atoms with Crippen molar-refractivity contribution in [2.75, 3.05) is 13.1 Å². The van der Waals surface area contributed by atoms with Crippen molar-refractivity contribution in [1.82, 2.24) is 9.47 Å². The van der Waals surface area contributed by atoms with E-state index >= 15 is 0 Å². The van der Waals surface area contributed by atoms with Crippen molar-refractivity contribution in [3.63, 3.8) is 0 Å². The summed E-state index contributed by atoms with van der Waals surface area (Å²) >= 11 is 0. The van der Waals surface area contributed by atoms with Crippen LogP contribution in [0.3, 0.4) is 0 Å². The zero-order valence-corrected chi connectivity index (χ0v) is 14.5. The first-order chi connectivity index (χ1) is 10.8. The predicted molar refractivity (Wildman–Crippen MR) is 92.7 cm³/mol. The molecular formula is C19H26N2O2. The molecule has 0 radical (unpaired) electrons. The molecule has 1 aromatic heterocycles. The van der Waals surface area contributed by atoms with Crippen LogP contribution in [0.2, 0.25) is 0 Å². The van der Waals surface area contributed by atoms with E-state index in [4.69, 9.17) is 4.74 Å². The third-order valence-corrected chi connectivity index (χ3v) is 4.55. The molecule has 0 atom stereocenters. The molecule has 2 heterocycles. The van der Waals surface area contributed by atoms with Crippen LogP contribution in [0, 0.1) is 0 Å². The summed E-state index contributed by atoms with van der Waals surface area (Å²) in [6.45, 7) is 7.26. The Morgan fingerprint density at radius 2 is 1.83 bits per heavy atom. The Hall–Kier alpha value is -1.97. The largest absolute Gasteiger partial charge is 0.444 e. The van der Waals surface area contributed by atoms with Gasteiger partial charge in [0.05, 0.1) is 0 Å². The Bertz CT molecular complexity index is 704. The van der Waals surface area contributed by atoms with Crippen molar-refractivity contribution in [2.45, 2.75) is 45.1 Å². The van der Waals surface area contributed by atoms with Gasteiger partial charge in [-0.2, -0.15) is 0 Å². The lowest BCUT2D eigenvalue weighted by atomic mass is 9.93. The summed E-state index contributed by atoms with van der Waals surface area (Å²) < 4.78 is 7.77. The minimum absolute atomic E-state index is 0.187. The van der Waals surface area contributed by atoms with E-state index in [1.807, 2.05) is 25.7 Å². The monoisotopic (exact) mass is 314 g/mol. The molecule has 0 spiro atoms. The van der Waals surface area contributed by atoms with Crippen LogP contribution in [0.5, 0.6) is 0 Å². The molecule has 0 aliphatic carbocycles. The van der Waals surface area contributed by atoms with E-state index in [1.165, 1.54) is 16.6 Å². The minimum Gasteiger partial charge on any atom is -0.444 e. The van der Waals surface area contributed by atoms with Gasteiger partial charge >= 0.3 is 6.09 Å². The molecule has 1 fully saturated rings. The van der Waals surface area contributed by atoms with Crippen molar-refractivity contribution >= 4 is 17.0 Å². The first-order valence-corrected chi connectivity index (χ1v) is 8.37. The Balaban J connectivity index is 1.69. The van der Waals surface area contributed by atoms with Gasteiger partial charge in [0, 0.05) is 37.3 Å². The average molecular weight is 314 g/mol. The number of benzene rings is 1. The van der Waals surface area contributed by atoms with Crippen LogP contribution in [0.15, 0.2) is 30.3 Å². The Morgan fingerprint density at radius 3 is 2.43 bits per heavy atom. The van der Waals surface area contributed by atoms with Gasteiger partial charge in [-0.3, -0.25) is 0 Å². The van der Waals surface area contributed by atoms with E-state index in [0.717, 1.165) is 25.9 Å². The number of fused-ring (bicyclic) bond motifs is 1. The maximum absolute atomic E-state index is 12.2. The van der Waals surface area contributed by atoms with Crippen molar-refractivity contribution in [2.24, 2.45) is 7.05 Å². The van der Waals surface area contributed by atoms with Gasteiger partial charge in [0.15, 0.2) is 0 Å². The highest BCUT2D eigenvalue weighted by atomic mass is 16.6. The topological polar surface area (TPSA) is 34.5 Å². The molecule has 1 aromatic carbocycles. The second-order valence-electron chi connectivity index (χ2n) is 7.43. The molecule has 23 heavy (non-hydrogen) atoms. The summed E-state index contributed by atoms with van der Waals surface area (Å²) in [6.07, 6.45) is 1.79. The molecule has 0 saturated carbocycles. The third kappa shape index (κ3) is 3.36. The number of carbonyl (C=O) groups is 1. The highest BCUT2D eigenvalue weighted by Gasteiger charge is 2.28. The molecule has 0 bridgehead atoms. The van der Waals surface area contributed by atoms with Crippen LogP contribution < -0.4 is 0 Å². The van der Waals surface area contributed by atoms with Crippen LogP contribution in [0.1, 0.15) is 45.2 Å². The molecule has 124 valence electrons. The smallest absolute Gasteiger partial charge is 0.410 e. The van der Waals surface area contributed by atoms with Crippen molar-refractivity contribution in [1.29, 1.82) is 0 Å². The lowest BCUT2D eigenvalue weighted by Crippen LogP contribution is -2.41. The summed E-state index contributed by atoms with van der Waals surface area (Å²) in [4.78, 5) is 14.0. The van der Waals surface area contributed by atoms with Gasteiger partial charge < -0.3 is 14.2 Å². The van der Waals surface area contributed by atoms with E-state index in [1.54, 1.807) is 0 Å². The fraction of sp³-hybridized carbons (Fsp3) is 0.526. The predicted octanol–water partition coefficient (Wildman–Crippen LogP) is 4.29. The summed E-state index contributed by atoms with van der Waals surface area (Å²) in [5.41, 5.74) is 2.22. The molecule has 2 aromatic rings. The number of hydrogen-bond acceptors (Lipinski definition) is 2.